The summed E-state index contributed by atoms with van der Waals surface area (Å²) < 4.78 is 50.3. The van der Waals surface area contributed by atoms with Gasteiger partial charge < -0.3 is 20.1 Å². The molecule has 5 atom stereocenters. The lowest BCUT2D eigenvalue weighted by molar-refractivity contribution is -0.210. The number of aryl methyl sites for hydroxylation is 1. The van der Waals surface area contributed by atoms with Crippen LogP contribution in [-0.2, 0) is 4.74 Å². The Kier molecular flexibility index (Phi) is 7.59. The number of nitrogens with zero attached hydrogens (tertiary/aromatic N) is 6. The molecular weight excluding hydrogens is 588 g/mol. The van der Waals surface area contributed by atoms with Gasteiger partial charge in [-0.2, -0.15) is 5.10 Å². The van der Waals surface area contributed by atoms with Gasteiger partial charge in [0.1, 0.15) is 69.5 Å². The molecule has 5 rings (SSSR count). The van der Waals surface area contributed by atoms with Crippen molar-refractivity contribution >= 4 is 34.8 Å². The van der Waals surface area contributed by atoms with Crippen molar-refractivity contribution in [3.63, 3.8) is 0 Å². The molecule has 1 saturated heterocycles. The molecule has 39 heavy (non-hydrogen) atoms. The summed E-state index contributed by atoms with van der Waals surface area (Å²) in [5.74, 6) is -2.69. The van der Waals surface area contributed by atoms with E-state index < -0.39 is 59.5 Å². The lowest BCUT2D eigenvalue weighted by Gasteiger charge is -2.41. The van der Waals surface area contributed by atoms with Gasteiger partial charge in [-0.25, -0.2) is 27.5 Å². The first kappa shape index (κ1) is 27.8. The summed E-state index contributed by atoms with van der Waals surface area (Å²) in [6.07, 6.45) is -4.47. The van der Waals surface area contributed by atoms with Crippen LogP contribution < -0.4 is 0 Å². The zero-order valence-corrected chi connectivity index (χ0v) is 21.9. The van der Waals surface area contributed by atoms with Crippen LogP contribution in [0.2, 0.25) is 15.1 Å². The molecule has 206 valence electrons. The predicted molar refractivity (Wildman–Crippen MR) is 132 cm³/mol. The van der Waals surface area contributed by atoms with Crippen LogP contribution in [0.1, 0.15) is 23.8 Å². The van der Waals surface area contributed by atoms with E-state index in [0.717, 1.165) is 27.6 Å². The quantitative estimate of drug-likeness (QED) is 0.232. The summed E-state index contributed by atoms with van der Waals surface area (Å²) in [5, 5.41) is 43.3. The number of hydrogen-bond donors (Lipinski definition) is 3. The molecule has 0 spiro atoms. The fourth-order valence-electron chi connectivity index (χ4n) is 4.38. The third-order valence-electron chi connectivity index (χ3n) is 6.18. The number of rotatable bonds is 5. The number of halogens is 6. The molecule has 2 aromatic heterocycles. The van der Waals surface area contributed by atoms with Gasteiger partial charge in [-0.1, -0.05) is 40.0 Å². The van der Waals surface area contributed by atoms with Crippen LogP contribution in [0.25, 0.3) is 16.9 Å². The van der Waals surface area contributed by atoms with Crippen molar-refractivity contribution < 1.29 is 33.2 Å². The maximum absolute atomic E-state index is 14.4. The molecule has 1 aliphatic rings. The Morgan fingerprint density at radius 1 is 0.974 bits per heavy atom. The van der Waals surface area contributed by atoms with Crippen LogP contribution in [0.4, 0.5) is 13.2 Å². The van der Waals surface area contributed by atoms with E-state index in [2.05, 4.69) is 20.4 Å². The summed E-state index contributed by atoms with van der Waals surface area (Å²) in [6.45, 7) is 0.865. The Labute approximate surface area is 233 Å². The molecule has 3 heterocycles. The average molecular weight is 606 g/mol. The molecule has 0 amide bonds. The molecule has 2 aromatic carbocycles. The van der Waals surface area contributed by atoms with E-state index in [4.69, 9.17) is 39.5 Å². The van der Waals surface area contributed by atoms with E-state index >= 15 is 0 Å². The molecule has 1 fully saturated rings. The number of ether oxygens (including phenoxy) is 1. The van der Waals surface area contributed by atoms with Gasteiger partial charge >= 0.3 is 0 Å². The standard InChI is InChI=1S/C23H18Cl3F3N6O4/c1-8-30-23(35(32-8)15-5-10(24)4-13(29)18(15)26)22-21(38)19(20(37)16(7-36)39-22)34-6-14(31-33-34)9-2-11(27)17(25)12(28)3-9/h2-6,16,19-22,36-38H,7H2,1H3/t16-,19+,20+,21-,22-/m1/s1. The van der Waals surface area contributed by atoms with E-state index in [0.29, 0.717) is 0 Å². The Hall–Kier alpha value is -2.78. The maximum Gasteiger partial charge on any atom is 0.164 e. The molecule has 16 heteroatoms. The van der Waals surface area contributed by atoms with Crippen LogP contribution in [-0.4, -0.2) is 70.0 Å². The third-order valence-corrected chi connectivity index (χ3v) is 7.14. The van der Waals surface area contributed by atoms with E-state index in [9.17, 15) is 28.5 Å². The van der Waals surface area contributed by atoms with Crippen molar-refractivity contribution in [2.45, 2.75) is 37.4 Å². The highest BCUT2D eigenvalue weighted by Crippen LogP contribution is 2.39. The lowest BCUT2D eigenvalue weighted by atomic mass is 9.92. The topological polar surface area (TPSA) is 131 Å². The smallest absolute Gasteiger partial charge is 0.164 e. The van der Waals surface area contributed by atoms with Crippen molar-refractivity contribution in [1.29, 1.82) is 0 Å². The highest BCUT2D eigenvalue weighted by Gasteiger charge is 2.48. The minimum Gasteiger partial charge on any atom is -0.394 e. The average Bonchev–Trinajstić information content (AvgIpc) is 3.52. The zero-order chi connectivity index (χ0) is 28.2. The second-order valence-electron chi connectivity index (χ2n) is 8.74. The van der Waals surface area contributed by atoms with Crippen LogP contribution in [0.15, 0.2) is 30.5 Å². The monoisotopic (exact) mass is 604 g/mol. The van der Waals surface area contributed by atoms with Gasteiger partial charge in [0.15, 0.2) is 5.82 Å². The second kappa shape index (κ2) is 10.7. The largest absolute Gasteiger partial charge is 0.394 e. The summed E-state index contributed by atoms with van der Waals surface area (Å²) >= 11 is 17.7. The molecule has 4 aromatic rings. The third kappa shape index (κ3) is 4.99. The number of aliphatic hydroxyl groups excluding tert-OH is 3. The molecular formula is C23H18Cl3F3N6O4. The van der Waals surface area contributed by atoms with Crippen molar-refractivity contribution in [1.82, 2.24) is 29.8 Å². The van der Waals surface area contributed by atoms with Crippen LogP contribution in [0.5, 0.6) is 0 Å². The van der Waals surface area contributed by atoms with Crippen molar-refractivity contribution in [3.05, 3.63) is 74.6 Å². The van der Waals surface area contributed by atoms with Gasteiger partial charge in [0.25, 0.3) is 0 Å². The van der Waals surface area contributed by atoms with E-state index in [1.165, 1.54) is 19.2 Å². The summed E-state index contributed by atoms with van der Waals surface area (Å²) in [4.78, 5) is 4.30. The normalized spacial score (nSPS) is 23.4. The highest BCUT2D eigenvalue weighted by atomic mass is 35.5. The van der Waals surface area contributed by atoms with Crippen LogP contribution in [0.3, 0.4) is 0 Å². The van der Waals surface area contributed by atoms with Gasteiger partial charge in [0.2, 0.25) is 0 Å². The van der Waals surface area contributed by atoms with Crippen LogP contribution >= 0.6 is 34.8 Å². The van der Waals surface area contributed by atoms with Crippen LogP contribution in [0, 0.1) is 24.4 Å². The zero-order valence-electron chi connectivity index (χ0n) is 19.7. The molecule has 0 aliphatic carbocycles. The van der Waals surface area contributed by atoms with Crippen molar-refractivity contribution in [2.75, 3.05) is 6.61 Å². The van der Waals surface area contributed by atoms with E-state index in [1.807, 2.05) is 0 Å². The predicted octanol–water partition coefficient (Wildman–Crippen LogP) is 3.61. The number of benzene rings is 2. The first-order chi connectivity index (χ1) is 18.5. The molecule has 0 saturated carbocycles. The van der Waals surface area contributed by atoms with Gasteiger partial charge in [-0.15, -0.1) is 5.10 Å². The Bertz CT molecular complexity index is 1530. The van der Waals surface area contributed by atoms with Crippen molar-refractivity contribution in [2.24, 2.45) is 0 Å². The minimum absolute atomic E-state index is 0.0000557. The molecule has 0 unspecified atom stereocenters. The first-order valence-corrected chi connectivity index (χ1v) is 12.4. The minimum atomic E-state index is -1.60. The fraction of sp³-hybridized carbons (Fsp3) is 0.304. The Balaban J connectivity index is 1.56. The first-order valence-electron chi connectivity index (χ1n) is 11.3. The highest BCUT2D eigenvalue weighted by molar-refractivity contribution is 6.34. The second-order valence-corrected chi connectivity index (χ2v) is 9.93. The van der Waals surface area contributed by atoms with Gasteiger partial charge in [0.05, 0.1) is 18.5 Å². The SMILES string of the molecule is Cc1nc([C@@H]2O[C@H](CO)[C@H](O)[C@H](n3cc(-c4cc(F)c(Cl)c(F)c4)nn3)[C@H]2O)n(-c2cc(Cl)cc(F)c2Cl)n1. The summed E-state index contributed by atoms with van der Waals surface area (Å²) in [6, 6.07) is 2.96. The van der Waals surface area contributed by atoms with Crippen molar-refractivity contribution in [3.8, 4) is 16.9 Å². The van der Waals surface area contributed by atoms with E-state index in [1.54, 1.807) is 0 Å². The summed E-state index contributed by atoms with van der Waals surface area (Å²) in [5.41, 5.74) is 0.0127. The number of hydrogen-bond acceptors (Lipinski definition) is 8. The molecule has 1 aliphatic heterocycles. The molecule has 0 radical (unpaired) electrons. The maximum atomic E-state index is 14.4. The Morgan fingerprint density at radius 3 is 2.31 bits per heavy atom. The molecule has 3 N–H and O–H groups in total. The fourth-order valence-corrected chi connectivity index (χ4v) is 4.87. The molecule has 0 bridgehead atoms. The molecule has 10 nitrogen and oxygen atoms in total. The van der Waals surface area contributed by atoms with Gasteiger partial charge in [-0.05, 0) is 31.2 Å². The van der Waals surface area contributed by atoms with Gasteiger partial charge in [0, 0.05) is 10.6 Å². The van der Waals surface area contributed by atoms with E-state index in [-0.39, 0.29) is 38.6 Å². The lowest BCUT2D eigenvalue weighted by Crippen LogP contribution is -2.53. The van der Waals surface area contributed by atoms with Gasteiger partial charge in [-0.3, -0.25) is 0 Å². The number of aliphatic hydroxyl groups is 3. The Morgan fingerprint density at radius 2 is 1.64 bits per heavy atom. The number of aromatic nitrogens is 6. The summed E-state index contributed by atoms with van der Waals surface area (Å²) in [7, 11) is 0.